The van der Waals surface area contributed by atoms with Gasteiger partial charge in [0.15, 0.2) is 0 Å². The number of ether oxygens (including phenoxy) is 2. The van der Waals surface area contributed by atoms with Gasteiger partial charge in [-0.15, -0.1) is 0 Å². The number of benzene rings is 1. The summed E-state index contributed by atoms with van der Waals surface area (Å²) in [5.74, 6) is -0.715. The van der Waals surface area contributed by atoms with Crippen LogP contribution in [0, 0.1) is 0 Å². The third-order valence-electron chi connectivity index (χ3n) is 6.72. The Bertz CT molecular complexity index is 1050. The van der Waals surface area contributed by atoms with E-state index < -0.39 is 17.7 Å². The summed E-state index contributed by atoms with van der Waals surface area (Å²) in [5.41, 5.74) is 1.31. The van der Waals surface area contributed by atoms with Crippen LogP contribution >= 0.6 is 0 Å². The Hall–Kier alpha value is -3.23. The first-order chi connectivity index (χ1) is 17.6. The van der Waals surface area contributed by atoms with Crippen molar-refractivity contribution in [1.29, 1.82) is 0 Å². The molecule has 2 aliphatic rings. The van der Waals surface area contributed by atoms with Gasteiger partial charge in [-0.1, -0.05) is 38.3 Å². The molecule has 1 atom stereocenters. The third kappa shape index (κ3) is 6.12. The van der Waals surface area contributed by atoms with Crippen LogP contribution in [-0.4, -0.2) is 77.6 Å². The number of ketones is 1. The number of hydrogen-bond acceptors (Lipinski definition) is 7. The lowest BCUT2D eigenvalue weighted by molar-refractivity contribution is -0.140. The van der Waals surface area contributed by atoms with Crippen LogP contribution in [-0.2, 0) is 14.3 Å². The number of carbonyl (C=O) groups excluding carboxylic acids is 2. The number of unbranched alkanes of at least 4 members (excludes halogenated alkanes) is 3. The summed E-state index contributed by atoms with van der Waals surface area (Å²) in [6.07, 6.45) is 7.61. The van der Waals surface area contributed by atoms with Crippen LogP contribution in [0.2, 0.25) is 0 Å². The zero-order chi connectivity index (χ0) is 25.3. The number of amides is 1. The Balaban J connectivity index is 1.59. The highest BCUT2D eigenvalue weighted by atomic mass is 16.5. The SMILES string of the molecule is CCCCCCOc1ccc(C2C(=C(O)c3ccncc3)C(=O)C(=O)N2CCN2CCOCC2)cc1. The Kier molecular flexibility index (Phi) is 9.08. The molecule has 192 valence electrons. The summed E-state index contributed by atoms with van der Waals surface area (Å²) >= 11 is 0. The van der Waals surface area contributed by atoms with Gasteiger partial charge in [0.05, 0.1) is 31.4 Å². The number of carbonyl (C=O) groups is 2. The molecule has 1 N–H and O–H groups in total. The minimum Gasteiger partial charge on any atom is -0.507 e. The molecule has 2 aliphatic heterocycles. The van der Waals surface area contributed by atoms with Crippen molar-refractivity contribution >= 4 is 17.4 Å². The van der Waals surface area contributed by atoms with Gasteiger partial charge in [-0.3, -0.25) is 19.5 Å². The van der Waals surface area contributed by atoms with E-state index in [1.165, 1.54) is 12.8 Å². The maximum atomic E-state index is 13.2. The second-order valence-electron chi connectivity index (χ2n) is 9.16. The maximum Gasteiger partial charge on any atom is 0.295 e. The molecule has 8 heteroatoms. The van der Waals surface area contributed by atoms with Crippen LogP contribution in [0.5, 0.6) is 5.75 Å². The van der Waals surface area contributed by atoms with E-state index in [0.717, 1.165) is 37.2 Å². The lowest BCUT2D eigenvalue weighted by Crippen LogP contribution is -2.42. The zero-order valence-electron chi connectivity index (χ0n) is 20.9. The fourth-order valence-electron chi connectivity index (χ4n) is 4.66. The van der Waals surface area contributed by atoms with E-state index in [0.29, 0.717) is 38.5 Å². The summed E-state index contributed by atoms with van der Waals surface area (Å²) in [4.78, 5) is 34.1. The van der Waals surface area contributed by atoms with Gasteiger partial charge in [0, 0.05) is 44.1 Å². The van der Waals surface area contributed by atoms with Gasteiger partial charge in [0.2, 0.25) is 0 Å². The second-order valence-corrected chi connectivity index (χ2v) is 9.16. The molecule has 1 aromatic heterocycles. The van der Waals surface area contributed by atoms with Crippen molar-refractivity contribution < 1.29 is 24.2 Å². The van der Waals surface area contributed by atoms with Gasteiger partial charge in [0.25, 0.3) is 11.7 Å². The molecule has 0 radical (unpaired) electrons. The number of Topliss-reactive ketones (excluding diaryl/α,β-unsaturated/α-hetero) is 1. The van der Waals surface area contributed by atoms with Crippen molar-refractivity contribution in [2.45, 2.75) is 38.6 Å². The lowest BCUT2D eigenvalue weighted by atomic mass is 9.95. The van der Waals surface area contributed by atoms with E-state index in [1.54, 1.807) is 29.4 Å². The number of rotatable bonds is 11. The van der Waals surface area contributed by atoms with Gasteiger partial charge in [-0.25, -0.2) is 0 Å². The lowest BCUT2D eigenvalue weighted by Gasteiger charge is -2.31. The normalized spacial score (nSPS) is 20.1. The first-order valence-corrected chi connectivity index (χ1v) is 12.8. The number of nitrogens with zero attached hydrogens (tertiary/aromatic N) is 3. The summed E-state index contributed by atoms with van der Waals surface area (Å²) < 4.78 is 11.3. The molecular formula is C28H35N3O5. The van der Waals surface area contributed by atoms with Crippen LogP contribution in [0.25, 0.3) is 5.76 Å². The third-order valence-corrected chi connectivity index (χ3v) is 6.72. The molecule has 2 fully saturated rings. The molecular weight excluding hydrogens is 458 g/mol. The van der Waals surface area contributed by atoms with E-state index in [4.69, 9.17) is 9.47 Å². The first-order valence-electron chi connectivity index (χ1n) is 12.8. The van der Waals surface area contributed by atoms with E-state index in [9.17, 15) is 14.7 Å². The molecule has 8 nitrogen and oxygen atoms in total. The summed E-state index contributed by atoms with van der Waals surface area (Å²) in [7, 11) is 0. The largest absolute Gasteiger partial charge is 0.507 e. The Morgan fingerprint density at radius 1 is 1.03 bits per heavy atom. The van der Waals surface area contributed by atoms with Crippen LogP contribution in [0.1, 0.15) is 49.8 Å². The van der Waals surface area contributed by atoms with Gasteiger partial charge < -0.3 is 19.5 Å². The Morgan fingerprint density at radius 2 is 1.75 bits per heavy atom. The van der Waals surface area contributed by atoms with Gasteiger partial charge in [-0.2, -0.15) is 0 Å². The summed E-state index contributed by atoms with van der Waals surface area (Å²) in [6.45, 7) is 6.72. The quantitative estimate of drug-likeness (QED) is 0.220. The van der Waals surface area contributed by atoms with Crippen molar-refractivity contribution in [3.8, 4) is 5.75 Å². The monoisotopic (exact) mass is 493 g/mol. The fraction of sp³-hybridized carbons (Fsp3) is 0.464. The van der Waals surface area contributed by atoms with Crippen LogP contribution in [0.15, 0.2) is 54.4 Å². The number of morpholine rings is 1. The maximum absolute atomic E-state index is 13.2. The topological polar surface area (TPSA) is 92.2 Å². The van der Waals surface area contributed by atoms with Crippen molar-refractivity contribution in [3.05, 3.63) is 65.5 Å². The van der Waals surface area contributed by atoms with Gasteiger partial charge >= 0.3 is 0 Å². The van der Waals surface area contributed by atoms with Crippen LogP contribution in [0.4, 0.5) is 0 Å². The molecule has 0 saturated carbocycles. The molecule has 0 bridgehead atoms. The summed E-state index contributed by atoms with van der Waals surface area (Å²) in [5, 5.41) is 11.1. The molecule has 1 unspecified atom stereocenters. The molecule has 2 saturated heterocycles. The van der Waals surface area contributed by atoms with Crippen molar-refractivity contribution in [1.82, 2.24) is 14.8 Å². The van der Waals surface area contributed by atoms with Crippen molar-refractivity contribution in [2.24, 2.45) is 0 Å². The molecule has 0 spiro atoms. The van der Waals surface area contributed by atoms with E-state index in [1.807, 2.05) is 24.3 Å². The Labute approximate surface area is 212 Å². The Morgan fingerprint density at radius 3 is 2.44 bits per heavy atom. The number of aromatic nitrogens is 1. The molecule has 3 heterocycles. The van der Waals surface area contributed by atoms with Crippen LogP contribution < -0.4 is 4.74 Å². The average Bonchev–Trinajstić information content (AvgIpc) is 3.17. The zero-order valence-corrected chi connectivity index (χ0v) is 20.9. The molecule has 1 amide bonds. The van der Waals surface area contributed by atoms with Crippen molar-refractivity contribution in [3.63, 3.8) is 0 Å². The predicted octanol–water partition coefficient (Wildman–Crippen LogP) is 3.79. The van der Waals surface area contributed by atoms with Gasteiger partial charge in [0.1, 0.15) is 11.5 Å². The van der Waals surface area contributed by atoms with E-state index in [-0.39, 0.29) is 11.3 Å². The summed E-state index contributed by atoms with van der Waals surface area (Å²) in [6, 6.07) is 10.1. The molecule has 1 aromatic carbocycles. The van der Waals surface area contributed by atoms with Crippen LogP contribution in [0.3, 0.4) is 0 Å². The standard InChI is InChI=1S/C28H35N3O5/c1-2-3-4-5-18-36-23-8-6-21(7-9-23)25-24(26(32)22-10-12-29-13-11-22)27(33)28(34)31(25)15-14-30-16-19-35-20-17-30/h6-13,25,32H,2-5,14-20H2,1H3. The molecule has 4 rings (SSSR count). The fourth-order valence-corrected chi connectivity index (χ4v) is 4.66. The number of likely N-dealkylation sites (tertiary alicyclic amines) is 1. The van der Waals surface area contributed by atoms with Gasteiger partial charge in [-0.05, 0) is 36.2 Å². The number of hydrogen-bond donors (Lipinski definition) is 1. The first kappa shape index (κ1) is 25.9. The molecule has 0 aliphatic carbocycles. The molecule has 36 heavy (non-hydrogen) atoms. The number of pyridine rings is 1. The van der Waals surface area contributed by atoms with E-state index in [2.05, 4.69) is 16.8 Å². The number of aliphatic hydroxyl groups is 1. The predicted molar refractivity (Wildman–Crippen MR) is 137 cm³/mol. The van der Waals surface area contributed by atoms with Crippen molar-refractivity contribution in [2.75, 3.05) is 46.0 Å². The molecule has 2 aromatic rings. The average molecular weight is 494 g/mol. The second kappa shape index (κ2) is 12.6. The number of aliphatic hydroxyl groups excluding tert-OH is 1. The highest BCUT2D eigenvalue weighted by Crippen LogP contribution is 2.39. The smallest absolute Gasteiger partial charge is 0.295 e. The minimum absolute atomic E-state index is 0.0985. The highest BCUT2D eigenvalue weighted by Gasteiger charge is 2.46. The van der Waals surface area contributed by atoms with E-state index >= 15 is 0 Å². The minimum atomic E-state index is -0.683. The highest BCUT2D eigenvalue weighted by molar-refractivity contribution is 6.46.